The van der Waals surface area contributed by atoms with E-state index in [0.717, 1.165) is 6.08 Å². The summed E-state index contributed by atoms with van der Waals surface area (Å²) in [4.78, 5) is 47.0. The van der Waals surface area contributed by atoms with Gasteiger partial charge in [0.1, 0.15) is 0 Å². The highest BCUT2D eigenvalue weighted by molar-refractivity contribution is 6.28. The van der Waals surface area contributed by atoms with Crippen molar-refractivity contribution in [1.82, 2.24) is 0 Å². The van der Waals surface area contributed by atoms with Crippen molar-refractivity contribution in [2.45, 2.75) is 0 Å². The topological polar surface area (TPSA) is 101 Å². The molecule has 2 aromatic carbocycles. The zero-order valence-corrected chi connectivity index (χ0v) is 12.3. The van der Waals surface area contributed by atoms with Crippen LogP contribution < -0.4 is 5.32 Å². The molecule has 3 rings (SSSR count). The lowest BCUT2D eigenvalue weighted by molar-refractivity contribution is -0.131. The summed E-state index contributed by atoms with van der Waals surface area (Å²) in [5.41, 5.74) is 1.46. The Morgan fingerprint density at radius 3 is 2.04 bits per heavy atom. The van der Waals surface area contributed by atoms with Crippen LogP contribution in [0.1, 0.15) is 31.8 Å². The Labute approximate surface area is 136 Å². The highest BCUT2D eigenvalue weighted by Gasteiger charge is 2.29. The van der Waals surface area contributed by atoms with Crippen LogP contribution in [0.5, 0.6) is 0 Å². The number of amides is 1. The van der Waals surface area contributed by atoms with E-state index in [4.69, 9.17) is 5.11 Å². The van der Waals surface area contributed by atoms with Gasteiger partial charge < -0.3 is 10.4 Å². The summed E-state index contributed by atoms with van der Waals surface area (Å²) < 4.78 is 0. The predicted octanol–water partition coefficient (Wildman–Crippen LogP) is 2.04. The largest absolute Gasteiger partial charge is 0.478 e. The number of carbonyl (C=O) groups is 4. The van der Waals surface area contributed by atoms with Crippen molar-refractivity contribution < 1.29 is 24.3 Å². The molecular formula is C18H11NO5. The molecule has 0 saturated heterocycles. The van der Waals surface area contributed by atoms with Gasteiger partial charge in [-0.2, -0.15) is 0 Å². The van der Waals surface area contributed by atoms with Gasteiger partial charge >= 0.3 is 5.97 Å². The Morgan fingerprint density at radius 1 is 0.833 bits per heavy atom. The maximum Gasteiger partial charge on any atom is 0.328 e. The molecule has 2 N–H and O–H groups in total. The van der Waals surface area contributed by atoms with Crippen molar-refractivity contribution in [1.29, 1.82) is 0 Å². The first kappa shape index (κ1) is 15.4. The average Bonchev–Trinajstić information content (AvgIpc) is 2.58. The van der Waals surface area contributed by atoms with E-state index in [2.05, 4.69) is 5.32 Å². The molecule has 1 aliphatic carbocycles. The first-order valence-corrected chi connectivity index (χ1v) is 7.02. The summed E-state index contributed by atoms with van der Waals surface area (Å²) in [6.45, 7) is 0. The highest BCUT2D eigenvalue weighted by Crippen LogP contribution is 2.29. The van der Waals surface area contributed by atoms with Crippen molar-refractivity contribution >= 4 is 29.1 Å². The van der Waals surface area contributed by atoms with E-state index in [1.807, 2.05) is 0 Å². The monoisotopic (exact) mass is 321 g/mol. The maximum absolute atomic E-state index is 12.5. The van der Waals surface area contributed by atoms with Gasteiger partial charge in [-0.1, -0.05) is 24.3 Å². The predicted molar refractivity (Wildman–Crippen MR) is 85.2 cm³/mol. The summed E-state index contributed by atoms with van der Waals surface area (Å²) in [5, 5.41) is 10.9. The molecule has 0 atom stereocenters. The van der Waals surface area contributed by atoms with Crippen molar-refractivity contribution in [3.63, 3.8) is 0 Å². The van der Waals surface area contributed by atoms with Gasteiger partial charge in [-0.15, -0.1) is 0 Å². The van der Waals surface area contributed by atoms with Crippen molar-refractivity contribution in [3.8, 4) is 0 Å². The molecular weight excluding hydrogens is 310 g/mol. The maximum atomic E-state index is 12.5. The fraction of sp³-hybridized carbons (Fsp3) is 0. The van der Waals surface area contributed by atoms with Gasteiger partial charge in [0.25, 0.3) is 0 Å². The smallest absolute Gasteiger partial charge is 0.328 e. The molecule has 0 aliphatic heterocycles. The fourth-order valence-corrected chi connectivity index (χ4v) is 2.51. The number of nitrogens with one attached hydrogen (secondary N) is 1. The van der Waals surface area contributed by atoms with E-state index in [9.17, 15) is 19.2 Å². The molecule has 6 heteroatoms. The Hall–Kier alpha value is -3.54. The highest BCUT2D eigenvalue weighted by atomic mass is 16.4. The van der Waals surface area contributed by atoms with Gasteiger partial charge in [0.2, 0.25) is 5.91 Å². The van der Waals surface area contributed by atoms with Crippen LogP contribution in [-0.2, 0) is 9.59 Å². The molecule has 6 nitrogen and oxygen atoms in total. The number of carboxylic acids is 1. The second-order valence-corrected chi connectivity index (χ2v) is 5.13. The van der Waals surface area contributed by atoms with E-state index in [0.29, 0.717) is 22.9 Å². The summed E-state index contributed by atoms with van der Waals surface area (Å²) in [5.74, 6) is -2.43. The molecule has 0 spiro atoms. The molecule has 1 amide bonds. The summed E-state index contributed by atoms with van der Waals surface area (Å²) >= 11 is 0. The first-order chi connectivity index (χ1) is 11.5. The summed E-state index contributed by atoms with van der Waals surface area (Å²) in [7, 11) is 0. The van der Waals surface area contributed by atoms with E-state index >= 15 is 0 Å². The molecule has 0 radical (unpaired) electrons. The average molecular weight is 321 g/mol. The van der Waals surface area contributed by atoms with E-state index < -0.39 is 11.9 Å². The number of carboxylic acid groups (broad SMARTS) is 1. The summed E-state index contributed by atoms with van der Waals surface area (Å²) in [6, 6.07) is 10.9. The third kappa shape index (κ3) is 2.72. The Balaban J connectivity index is 1.94. The molecule has 2 aromatic rings. The molecule has 1 aliphatic rings. The summed E-state index contributed by atoms with van der Waals surface area (Å²) in [6.07, 6.45) is 1.57. The van der Waals surface area contributed by atoms with E-state index in [-0.39, 0.29) is 22.7 Å². The molecule has 0 unspecified atom stereocenters. The minimum atomic E-state index is -1.24. The van der Waals surface area contributed by atoms with Gasteiger partial charge in [0.15, 0.2) is 11.6 Å². The van der Waals surface area contributed by atoms with Crippen LogP contribution in [-0.4, -0.2) is 28.5 Å². The standard InChI is InChI=1S/C18H11NO5/c20-15(7-8-16(21)22)19-10-5-6-13-14(9-10)18(24)12-4-2-1-3-11(12)17(13)23/h1-9H,(H,19,20)(H,21,22)/b8-7-. The van der Waals surface area contributed by atoms with Gasteiger partial charge in [0.05, 0.1) is 0 Å². The number of anilines is 1. The molecule has 0 fully saturated rings. The number of hydrogen-bond acceptors (Lipinski definition) is 4. The zero-order valence-electron chi connectivity index (χ0n) is 12.3. The van der Waals surface area contributed by atoms with Gasteiger partial charge in [-0.25, -0.2) is 4.79 Å². The van der Waals surface area contributed by atoms with Crippen molar-refractivity contribution in [2.24, 2.45) is 0 Å². The van der Waals surface area contributed by atoms with Crippen molar-refractivity contribution in [2.75, 3.05) is 5.32 Å². The van der Waals surface area contributed by atoms with E-state index in [1.165, 1.54) is 18.2 Å². The second-order valence-electron chi connectivity index (χ2n) is 5.13. The fourth-order valence-electron chi connectivity index (χ4n) is 2.51. The van der Waals surface area contributed by atoms with Crippen LogP contribution in [0, 0.1) is 0 Å². The van der Waals surface area contributed by atoms with Crippen LogP contribution in [0.15, 0.2) is 54.6 Å². The Bertz CT molecular complexity index is 927. The lowest BCUT2D eigenvalue weighted by Gasteiger charge is -2.18. The van der Waals surface area contributed by atoms with Crippen LogP contribution in [0.4, 0.5) is 5.69 Å². The minimum Gasteiger partial charge on any atom is -0.478 e. The number of rotatable bonds is 3. The van der Waals surface area contributed by atoms with Gasteiger partial charge in [0, 0.05) is 40.1 Å². The second kappa shape index (κ2) is 5.92. The Morgan fingerprint density at radius 2 is 1.42 bits per heavy atom. The molecule has 24 heavy (non-hydrogen) atoms. The quantitative estimate of drug-likeness (QED) is 0.719. The lowest BCUT2D eigenvalue weighted by atomic mass is 9.84. The van der Waals surface area contributed by atoms with Crippen LogP contribution in [0.3, 0.4) is 0 Å². The number of hydrogen-bond donors (Lipinski definition) is 2. The number of carbonyl (C=O) groups excluding carboxylic acids is 3. The van der Waals surface area contributed by atoms with Gasteiger partial charge in [-0.05, 0) is 18.2 Å². The first-order valence-electron chi connectivity index (χ1n) is 7.02. The number of fused-ring (bicyclic) bond motifs is 2. The Kier molecular flexibility index (Phi) is 3.79. The molecule has 118 valence electrons. The zero-order chi connectivity index (χ0) is 17.3. The van der Waals surface area contributed by atoms with Crippen LogP contribution >= 0.6 is 0 Å². The van der Waals surface area contributed by atoms with Crippen molar-refractivity contribution in [3.05, 3.63) is 76.9 Å². The lowest BCUT2D eigenvalue weighted by Crippen LogP contribution is -2.21. The number of benzene rings is 2. The molecule has 0 aromatic heterocycles. The molecule has 0 heterocycles. The molecule has 0 bridgehead atoms. The third-order valence-electron chi connectivity index (χ3n) is 3.57. The van der Waals surface area contributed by atoms with E-state index in [1.54, 1.807) is 24.3 Å². The van der Waals surface area contributed by atoms with Crippen LogP contribution in [0.25, 0.3) is 0 Å². The van der Waals surface area contributed by atoms with Crippen LogP contribution in [0.2, 0.25) is 0 Å². The number of ketones is 2. The normalized spacial score (nSPS) is 12.7. The minimum absolute atomic E-state index is 0.207. The SMILES string of the molecule is O=C(O)/C=C\C(=O)Nc1ccc2c(c1)C(=O)c1ccccc1C2=O. The molecule has 0 saturated carbocycles. The van der Waals surface area contributed by atoms with Gasteiger partial charge in [-0.3, -0.25) is 14.4 Å². The number of aliphatic carboxylic acids is 1. The third-order valence-corrected chi connectivity index (χ3v) is 3.57.